The minimum absolute atomic E-state index is 0.115. The quantitative estimate of drug-likeness (QED) is 0.211. The van der Waals surface area contributed by atoms with Crippen molar-refractivity contribution in [3.63, 3.8) is 0 Å². The molecule has 0 aliphatic heterocycles. The molecular weight excluding hydrogens is 536 g/mol. The summed E-state index contributed by atoms with van der Waals surface area (Å²) in [6.45, 7) is 39.7. The minimum Gasteiger partial charge on any atom is -0.358 e. The monoisotopic (exact) mass is 601 g/mol. The average molecular weight is 601 g/mol. The molecule has 3 heterocycles. The van der Waals surface area contributed by atoms with E-state index in [1.54, 1.807) is 0 Å². The molecule has 0 radical (unpaired) electrons. The third-order valence-corrected chi connectivity index (χ3v) is 7.79. The Kier molecular flexibility index (Phi) is 10.9. The zero-order valence-corrected chi connectivity index (χ0v) is 31.5. The summed E-state index contributed by atoms with van der Waals surface area (Å²) in [5.41, 5.74) is 8.62. The number of fused-ring (bicyclic) bond motifs is 1. The largest absolute Gasteiger partial charge is 0.358 e. The van der Waals surface area contributed by atoms with E-state index in [0.29, 0.717) is 0 Å². The van der Waals surface area contributed by atoms with Crippen LogP contribution in [0.1, 0.15) is 159 Å². The second-order valence-corrected chi connectivity index (χ2v) is 18.6. The van der Waals surface area contributed by atoms with E-state index in [-0.39, 0.29) is 32.5 Å². The van der Waals surface area contributed by atoms with Gasteiger partial charge in [0.15, 0.2) is 0 Å². The number of rotatable bonds is 0. The molecule has 0 aliphatic carbocycles. The Morgan fingerprint density at radius 1 is 0.432 bits per heavy atom. The van der Waals surface area contributed by atoms with Crippen molar-refractivity contribution < 1.29 is 0 Å². The van der Waals surface area contributed by atoms with Crippen molar-refractivity contribution in [2.24, 2.45) is 0 Å². The SMILES string of the molecule is CC(C)(C)c1ccc(C(C)(C)C)nc1.CC(C)(C)c1ccc2[nH]c(C(C)(C)C)cc2c1.CC(C)(C)c1cnc(C(C)(C)C)[nH]1. The van der Waals surface area contributed by atoms with Gasteiger partial charge in [-0.05, 0) is 51.6 Å². The molecule has 0 spiro atoms. The van der Waals surface area contributed by atoms with Crippen LogP contribution in [-0.2, 0) is 32.5 Å². The van der Waals surface area contributed by atoms with Crippen molar-refractivity contribution in [2.45, 2.75) is 157 Å². The molecule has 0 amide bonds. The number of pyridine rings is 1. The Bertz CT molecular complexity index is 1400. The van der Waals surface area contributed by atoms with E-state index < -0.39 is 0 Å². The van der Waals surface area contributed by atoms with Crippen molar-refractivity contribution in [2.75, 3.05) is 0 Å². The van der Waals surface area contributed by atoms with Crippen LogP contribution in [-0.4, -0.2) is 19.9 Å². The molecule has 2 N–H and O–H groups in total. The number of H-pyrrole nitrogens is 2. The van der Waals surface area contributed by atoms with Gasteiger partial charge in [-0.3, -0.25) is 4.98 Å². The highest BCUT2D eigenvalue weighted by molar-refractivity contribution is 5.81. The topological polar surface area (TPSA) is 57.4 Å². The maximum atomic E-state index is 4.52. The molecule has 0 saturated heterocycles. The van der Waals surface area contributed by atoms with E-state index in [4.69, 9.17) is 0 Å². The molecule has 0 fully saturated rings. The predicted molar refractivity (Wildman–Crippen MR) is 193 cm³/mol. The van der Waals surface area contributed by atoms with Crippen LogP contribution >= 0.6 is 0 Å². The average Bonchev–Trinajstić information content (AvgIpc) is 3.51. The second-order valence-electron chi connectivity index (χ2n) is 18.6. The lowest BCUT2D eigenvalue weighted by Crippen LogP contribution is -2.16. The van der Waals surface area contributed by atoms with Crippen LogP contribution in [0.2, 0.25) is 0 Å². The molecule has 0 atom stereocenters. The van der Waals surface area contributed by atoms with Gasteiger partial charge in [-0.2, -0.15) is 0 Å². The number of benzene rings is 1. The standard InChI is InChI=1S/C16H23N.C13H21N.C11H20N2/c1-15(2,3)12-7-8-13-11(9-12)10-14(17-13)16(4,5)6;1-12(2,3)10-7-8-11(14-9-10)13(4,5)6;1-10(2,3)8-7-12-9(13-8)11(4,5)6/h7-10,17H,1-6H3;7-9H,1-6H3;7H,1-6H3,(H,12,13). The number of nitrogens with zero attached hydrogens (tertiary/aromatic N) is 2. The normalized spacial score (nSPS) is 13.2. The molecule has 0 unspecified atom stereocenters. The Hall–Kier alpha value is -2.88. The maximum Gasteiger partial charge on any atom is 0.111 e. The first-order valence-electron chi connectivity index (χ1n) is 16.3. The van der Waals surface area contributed by atoms with Crippen molar-refractivity contribution in [3.05, 3.63) is 82.8 Å². The van der Waals surface area contributed by atoms with Crippen LogP contribution in [0.4, 0.5) is 0 Å². The Labute approximate surface area is 270 Å². The Morgan fingerprint density at radius 2 is 0.955 bits per heavy atom. The van der Waals surface area contributed by atoms with Crippen molar-refractivity contribution in [1.82, 2.24) is 19.9 Å². The summed E-state index contributed by atoms with van der Waals surface area (Å²) in [6, 6.07) is 13.3. The van der Waals surface area contributed by atoms with E-state index in [0.717, 1.165) is 11.5 Å². The Balaban J connectivity index is 0.000000233. The van der Waals surface area contributed by atoms with Gasteiger partial charge in [-0.25, -0.2) is 4.98 Å². The van der Waals surface area contributed by atoms with Crippen LogP contribution in [0.25, 0.3) is 10.9 Å². The maximum absolute atomic E-state index is 4.52. The van der Waals surface area contributed by atoms with E-state index in [9.17, 15) is 0 Å². The molecule has 0 saturated carbocycles. The number of hydrogen-bond donors (Lipinski definition) is 2. The highest BCUT2D eigenvalue weighted by Gasteiger charge is 2.22. The van der Waals surface area contributed by atoms with E-state index in [1.165, 1.54) is 33.4 Å². The van der Waals surface area contributed by atoms with Crippen LogP contribution in [0.5, 0.6) is 0 Å². The van der Waals surface area contributed by atoms with Crippen LogP contribution in [0, 0.1) is 0 Å². The summed E-state index contributed by atoms with van der Waals surface area (Å²) in [6.07, 6.45) is 3.95. The van der Waals surface area contributed by atoms with Gasteiger partial charge in [0.25, 0.3) is 0 Å². The molecule has 3 aromatic heterocycles. The summed E-state index contributed by atoms with van der Waals surface area (Å²) in [4.78, 5) is 15.8. The van der Waals surface area contributed by atoms with Crippen LogP contribution < -0.4 is 0 Å². The van der Waals surface area contributed by atoms with E-state index in [1.807, 2.05) is 12.4 Å². The second kappa shape index (κ2) is 12.9. The molecule has 0 aliphatic rings. The first-order chi connectivity index (χ1) is 19.6. The first kappa shape index (κ1) is 37.3. The highest BCUT2D eigenvalue weighted by Crippen LogP contribution is 2.30. The van der Waals surface area contributed by atoms with Gasteiger partial charge in [-0.1, -0.05) is 137 Å². The van der Waals surface area contributed by atoms with Gasteiger partial charge >= 0.3 is 0 Å². The molecule has 0 bridgehead atoms. The molecule has 4 nitrogen and oxygen atoms in total. The van der Waals surface area contributed by atoms with E-state index >= 15 is 0 Å². The Morgan fingerprint density at radius 3 is 1.32 bits per heavy atom. The third-order valence-electron chi connectivity index (χ3n) is 7.79. The van der Waals surface area contributed by atoms with E-state index in [2.05, 4.69) is 181 Å². The number of aromatic amines is 2. The molecule has 4 rings (SSSR count). The summed E-state index contributed by atoms with van der Waals surface area (Å²) in [5.74, 6) is 1.07. The summed E-state index contributed by atoms with van der Waals surface area (Å²) >= 11 is 0. The highest BCUT2D eigenvalue weighted by atomic mass is 14.9. The van der Waals surface area contributed by atoms with Crippen LogP contribution in [0.15, 0.2) is 48.8 Å². The molecule has 244 valence electrons. The van der Waals surface area contributed by atoms with Gasteiger partial charge in [0, 0.05) is 56.7 Å². The van der Waals surface area contributed by atoms with Gasteiger partial charge in [-0.15, -0.1) is 0 Å². The fourth-order valence-electron chi connectivity index (χ4n) is 4.37. The number of aromatic nitrogens is 4. The number of hydrogen-bond acceptors (Lipinski definition) is 2. The molecule has 4 heteroatoms. The molecule has 44 heavy (non-hydrogen) atoms. The number of imidazole rings is 1. The third kappa shape index (κ3) is 10.6. The van der Waals surface area contributed by atoms with Gasteiger partial charge in [0.2, 0.25) is 0 Å². The van der Waals surface area contributed by atoms with Crippen LogP contribution in [0.3, 0.4) is 0 Å². The molecule has 1 aromatic carbocycles. The van der Waals surface area contributed by atoms with Gasteiger partial charge in [0.05, 0.1) is 0 Å². The lowest BCUT2D eigenvalue weighted by atomic mass is 9.86. The fraction of sp³-hybridized carbons (Fsp3) is 0.600. The smallest absolute Gasteiger partial charge is 0.111 e. The van der Waals surface area contributed by atoms with Gasteiger partial charge in [0.1, 0.15) is 5.82 Å². The summed E-state index contributed by atoms with van der Waals surface area (Å²) in [7, 11) is 0. The molecular formula is C40H64N4. The lowest BCUT2D eigenvalue weighted by Gasteiger charge is -2.22. The lowest BCUT2D eigenvalue weighted by molar-refractivity contribution is 0.535. The molecule has 4 aromatic rings. The summed E-state index contributed by atoms with van der Waals surface area (Å²) < 4.78 is 0. The zero-order valence-electron chi connectivity index (χ0n) is 31.5. The van der Waals surface area contributed by atoms with Crippen molar-refractivity contribution in [3.8, 4) is 0 Å². The van der Waals surface area contributed by atoms with Crippen molar-refractivity contribution >= 4 is 10.9 Å². The first-order valence-corrected chi connectivity index (χ1v) is 16.3. The predicted octanol–water partition coefficient (Wildman–Crippen LogP) is 11.4. The zero-order chi connectivity index (χ0) is 34.1. The minimum atomic E-state index is 0.115. The van der Waals surface area contributed by atoms with Gasteiger partial charge < -0.3 is 9.97 Å². The summed E-state index contributed by atoms with van der Waals surface area (Å²) in [5, 5.41) is 1.32. The van der Waals surface area contributed by atoms with Crippen molar-refractivity contribution in [1.29, 1.82) is 0 Å². The fourth-order valence-corrected chi connectivity index (χ4v) is 4.37. The number of nitrogens with one attached hydrogen (secondary N) is 2.